The van der Waals surface area contributed by atoms with Gasteiger partial charge in [-0.15, -0.1) is 0 Å². The van der Waals surface area contributed by atoms with Crippen molar-refractivity contribution in [3.63, 3.8) is 0 Å². The molecule has 0 spiro atoms. The van der Waals surface area contributed by atoms with Crippen LogP contribution in [0.3, 0.4) is 0 Å². The van der Waals surface area contributed by atoms with E-state index in [1.807, 2.05) is 0 Å². The fraction of sp³-hybridized carbons (Fsp3) is 0.400. The number of nitrogens with two attached hydrogens (primary N) is 1. The van der Waals surface area contributed by atoms with Gasteiger partial charge in [-0.2, -0.15) is 0 Å². The molecule has 0 aliphatic rings. The molecule has 0 heterocycles. The second-order valence-electron chi connectivity index (χ2n) is 3.96. The molecule has 1 rings (SSSR count). The molecule has 0 unspecified atom stereocenters. The van der Waals surface area contributed by atoms with Crippen molar-refractivity contribution < 1.29 is 13.3 Å². The third-order valence-electron chi connectivity index (χ3n) is 2.37. The number of nitro benzene ring substituents is 1. The fourth-order valence-corrected chi connectivity index (χ4v) is 2.91. The molecule has 1 aromatic carbocycles. The van der Waals surface area contributed by atoms with E-state index in [0.717, 1.165) is 6.07 Å². The van der Waals surface area contributed by atoms with E-state index in [1.165, 1.54) is 19.1 Å². The van der Waals surface area contributed by atoms with E-state index in [4.69, 9.17) is 5.73 Å². The summed E-state index contributed by atoms with van der Waals surface area (Å²) in [6, 6.07) is 3.21. The lowest BCUT2D eigenvalue weighted by atomic mass is 10.2. The van der Waals surface area contributed by atoms with Gasteiger partial charge in [0, 0.05) is 24.7 Å². The van der Waals surface area contributed by atoms with Gasteiger partial charge in [-0.05, 0) is 25.5 Å². The quantitative estimate of drug-likeness (QED) is 0.599. The largest absolute Gasteiger partial charge is 0.329 e. The maximum Gasteiger partial charge on any atom is 0.269 e. The average molecular weight is 273 g/mol. The number of nitrogens with zero attached hydrogens (tertiary/aromatic N) is 1. The van der Waals surface area contributed by atoms with Crippen molar-refractivity contribution in [1.82, 2.24) is 4.72 Å². The lowest BCUT2D eigenvalue weighted by molar-refractivity contribution is -0.385. The van der Waals surface area contributed by atoms with Gasteiger partial charge in [-0.1, -0.05) is 0 Å². The zero-order chi connectivity index (χ0) is 13.9. The summed E-state index contributed by atoms with van der Waals surface area (Å²) >= 11 is 0. The van der Waals surface area contributed by atoms with Gasteiger partial charge >= 0.3 is 0 Å². The number of sulfonamides is 1. The lowest BCUT2D eigenvalue weighted by Crippen LogP contribution is -2.38. The molecule has 0 fully saturated rings. The standard InChI is InChI=1S/C10H15N3O4S/c1-7-5-9(13(14)15)3-4-10(7)18(16,17)12-8(2)6-11/h3-5,8,12H,6,11H2,1-2H3/t8-/m1/s1. The van der Waals surface area contributed by atoms with Crippen LogP contribution in [0.1, 0.15) is 12.5 Å². The molecule has 3 N–H and O–H groups in total. The topological polar surface area (TPSA) is 115 Å². The third-order valence-corrected chi connectivity index (χ3v) is 4.12. The summed E-state index contributed by atoms with van der Waals surface area (Å²) in [4.78, 5) is 10.0. The number of non-ortho nitro benzene ring substituents is 1. The highest BCUT2D eigenvalue weighted by Gasteiger charge is 2.20. The molecule has 7 nitrogen and oxygen atoms in total. The van der Waals surface area contributed by atoms with Crippen LogP contribution in [-0.4, -0.2) is 25.9 Å². The van der Waals surface area contributed by atoms with Gasteiger partial charge in [0.25, 0.3) is 5.69 Å². The van der Waals surface area contributed by atoms with E-state index < -0.39 is 21.0 Å². The minimum Gasteiger partial charge on any atom is -0.329 e. The number of nitrogens with one attached hydrogen (secondary N) is 1. The Hall–Kier alpha value is -1.51. The van der Waals surface area contributed by atoms with E-state index in [1.54, 1.807) is 6.92 Å². The second-order valence-corrected chi connectivity index (χ2v) is 5.65. The molecular formula is C10H15N3O4S. The molecule has 18 heavy (non-hydrogen) atoms. The summed E-state index contributed by atoms with van der Waals surface area (Å²) in [5.74, 6) is 0. The lowest BCUT2D eigenvalue weighted by Gasteiger charge is -2.13. The van der Waals surface area contributed by atoms with Crippen LogP contribution in [0.4, 0.5) is 5.69 Å². The van der Waals surface area contributed by atoms with E-state index in [2.05, 4.69) is 4.72 Å². The van der Waals surface area contributed by atoms with Crippen molar-refractivity contribution in [2.24, 2.45) is 5.73 Å². The number of rotatable bonds is 5. The summed E-state index contributed by atoms with van der Waals surface area (Å²) in [5, 5.41) is 10.6. The number of nitro groups is 1. The molecule has 100 valence electrons. The van der Waals surface area contributed by atoms with E-state index in [-0.39, 0.29) is 17.1 Å². The first-order valence-corrected chi connectivity index (χ1v) is 6.73. The molecule has 0 radical (unpaired) electrons. The predicted molar refractivity (Wildman–Crippen MR) is 66.7 cm³/mol. The van der Waals surface area contributed by atoms with Crippen molar-refractivity contribution in [3.05, 3.63) is 33.9 Å². The van der Waals surface area contributed by atoms with Gasteiger partial charge in [-0.3, -0.25) is 10.1 Å². The Morgan fingerprint density at radius 3 is 2.56 bits per heavy atom. The van der Waals surface area contributed by atoms with Crippen LogP contribution < -0.4 is 10.5 Å². The molecule has 0 aliphatic heterocycles. The van der Waals surface area contributed by atoms with Crippen LogP contribution in [0.2, 0.25) is 0 Å². The first-order valence-electron chi connectivity index (χ1n) is 5.25. The number of hydrogen-bond donors (Lipinski definition) is 2. The summed E-state index contributed by atoms with van der Waals surface area (Å²) in [6.07, 6.45) is 0. The number of aryl methyl sites for hydroxylation is 1. The minimum atomic E-state index is -3.70. The van der Waals surface area contributed by atoms with Gasteiger partial charge < -0.3 is 5.73 Å². The predicted octanol–water partition coefficient (Wildman–Crippen LogP) is 0.529. The average Bonchev–Trinajstić information content (AvgIpc) is 2.27. The Morgan fingerprint density at radius 2 is 2.11 bits per heavy atom. The first-order chi connectivity index (χ1) is 8.27. The fourth-order valence-electron chi connectivity index (χ4n) is 1.43. The zero-order valence-electron chi connectivity index (χ0n) is 10.1. The summed E-state index contributed by atoms with van der Waals surface area (Å²) in [7, 11) is -3.70. The highest BCUT2D eigenvalue weighted by molar-refractivity contribution is 7.89. The normalized spacial score (nSPS) is 13.3. The van der Waals surface area contributed by atoms with Gasteiger partial charge in [-0.25, -0.2) is 13.1 Å². The van der Waals surface area contributed by atoms with Crippen LogP contribution in [0.15, 0.2) is 23.1 Å². The molecule has 0 saturated carbocycles. The first kappa shape index (κ1) is 14.6. The summed E-state index contributed by atoms with van der Waals surface area (Å²) in [5.41, 5.74) is 5.52. The molecule has 1 aromatic rings. The van der Waals surface area contributed by atoms with Crippen LogP contribution >= 0.6 is 0 Å². The summed E-state index contributed by atoms with van der Waals surface area (Å²) in [6.45, 7) is 3.32. The van der Waals surface area contributed by atoms with E-state index in [0.29, 0.717) is 5.56 Å². The van der Waals surface area contributed by atoms with Crippen LogP contribution in [0.25, 0.3) is 0 Å². The molecule has 0 bridgehead atoms. The monoisotopic (exact) mass is 273 g/mol. The molecule has 0 saturated heterocycles. The van der Waals surface area contributed by atoms with Gasteiger partial charge in [0.2, 0.25) is 10.0 Å². The molecule has 0 aliphatic carbocycles. The van der Waals surface area contributed by atoms with Crippen molar-refractivity contribution in [1.29, 1.82) is 0 Å². The smallest absolute Gasteiger partial charge is 0.269 e. The van der Waals surface area contributed by atoms with E-state index >= 15 is 0 Å². The Balaban J connectivity index is 3.14. The Morgan fingerprint density at radius 1 is 1.50 bits per heavy atom. The minimum absolute atomic E-state index is 0.0217. The van der Waals surface area contributed by atoms with Gasteiger partial charge in [0.1, 0.15) is 0 Å². The molecule has 1 atom stereocenters. The van der Waals surface area contributed by atoms with Crippen LogP contribution in [0.5, 0.6) is 0 Å². The number of benzene rings is 1. The van der Waals surface area contributed by atoms with Crippen molar-refractivity contribution >= 4 is 15.7 Å². The van der Waals surface area contributed by atoms with Crippen molar-refractivity contribution in [2.75, 3.05) is 6.54 Å². The molecule has 0 amide bonds. The number of hydrogen-bond acceptors (Lipinski definition) is 5. The van der Waals surface area contributed by atoms with Crippen LogP contribution in [0, 0.1) is 17.0 Å². The maximum atomic E-state index is 12.0. The highest BCUT2D eigenvalue weighted by atomic mass is 32.2. The molecule has 8 heteroatoms. The Labute approximate surface area is 105 Å². The Bertz CT molecular complexity index is 556. The maximum absolute atomic E-state index is 12.0. The van der Waals surface area contributed by atoms with Gasteiger partial charge in [0.15, 0.2) is 0 Å². The zero-order valence-corrected chi connectivity index (χ0v) is 10.9. The van der Waals surface area contributed by atoms with Crippen molar-refractivity contribution in [3.8, 4) is 0 Å². The van der Waals surface area contributed by atoms with E-state index in [9.17, 15) is 18.5 Å². The SMILES string of the molecule is Cc1cc([N+](=O)[O-])ccc1S(=O)(=O)N[C@H](C)CN. The molecular weight excluding hydrogens is 258 g/mol. The van der Waals surface area contributed by atoms with Gasteiger partial charge in [0.05, 0.1) is 9.82 Å². The summed E-state index contributed by atoms with van der Waals surface area (Å²) < 4.78 is 26.3. The molecule has 0 aromatic heterocycles. The van der Waals surface area contributed by atoms with Crippen LogP contribution in [-0.2, 0) is 10.0 Å². The highest BCUT2D eigenvalue weighted by Crippen LogP contribution is 2.21. The van der Waals surface area contributed by atoms with Crippen molar-refractivity contribution in [2.45, 2.75) is 24.8 Å². The third kappa shape index (κ3) is 3.25. The second kappa shape index (κ2) is 5.42. The Kier molecular flexibility index (Phi) is 4.38.